The predicted octanol–water partition coefficient (Wildman–Crippen LogP) is 2.51. The molecule has 0 spiro atoms. The summed E-state index contributed by atoms with van der Waals surface area (Å²) < 4.78 is 0. The van der Waals surface area contributed by atoms with E-state index in [4.69, 9.17) is 11.6 Å². The van der Waals surface area contributed by atoms with E-state index in [2.05, 4.69) is 28.8 Å². The molecular formula is C12H18ClN3OS. The van der Waals surface area contributed by atoms with E-state index < -0.39 is 0 Å². The van der Waals surface area contributed by atoms with E-state index >= 15 is 0 Å². The van der Waals surface area contributed by atoms with Gasteiger partial charge in [0.05, 0.1) is 0 Å². The van der Waals surface area contributed by atoms with Gasteiger partial charge in [-0.1, -0.05) is 18.5 Å². The van der Waals surface area contributed by atoms with Crippen LogP contribution >= 0.6 is 23.4 Å². The lowest BCUT2D eigenvalue weighted by molar-refractivity contribution is 0.0949. The molecule has 1 atom stereocenters. The van der Waals surface area contributed by atoms with Crippen LogP contribution in [0.5, 0.6) is 0 Å². The van der Waals surface area contributed by atoms with Crippen molar-refractivity contribution in [3.8, 4) is 0 Å². The first-order valence-electron chi connectivity index (χ1n) is 5.69. The first kappa shape index (κ1) is 15.1. The number of anilines is 1. The fourth-order valence-electron chi connectivity index (χ4n) is 1.47. The second-order valence-electron chi connectivity index (χ2n) is 4.08. The number of amides is 1. The highest BCUT2D eigenvalue weighted by atomic mass is 35.5. The molecule has 0 aliphatic carbocycles. The van der Waals surface area contributed by atoms with Crippen LogP contribution in [0.25, 0.3) is 0 Å². The number of halogens is 1. The van der Waals surface area contributed by atoms with Crippen molar-refractivity contribution in [1.29, 1.82) is 0 Å². The Morgan fingerprint density at radius 2 is 2.28 bits per heavy atom. The number of nitrogens with one attached hydrogen (secondary N) is 2. The van der Waals surface area contributed by atoms with E-state index in [0.717, 1.165) is 5.75 Å². The third-order valence-corrected chi connectivity index (χ3v) is 3.47. The average molecular weight is 288 g/mol. The molecule has 1 rings (SSSR count). The quantitative estimate of drug-likeness (QED) is 0.790. The number of hydrogen-bond donors (Lipinski definition) is 2. The molecule has 1 unspecified atom stereocenters. The lowest BCUT2D eigenvalue weighted by atomic mass is 10.2. The standard InChI is InChI=1S/C12H18ClN3OS/c1-8(7-18-3)6-15-12(17)9-4-10(13)16-11(5-9)14-2/h4-5,8H,6-7H2,1-3H3,(H,14,16)(H,15,17). The largest absolute Gasteiger partial charge is 0.373 e. The summed E-state index contributed by atoms with van der Waals surface area (Å²) in [6.45, 7) is 2.77. The molecule has 100 valence electrons. The minimum absolute atomic E-state index is 0.122. The van der Waals surface area contributed by atoms with Crippen molar-refractivity contribution in [3.63, 3.8) is 0 Å². The van der Waals surface area contributed by atoms with Crippen LogP contribution in [-0.2, 0) is 0 Å². The van der Waals surface area contributed by atoms with Crippen molar-refractivity contribution >= 4 is 35.1 Å². The molecule has 0 saturated heterocycles. The molecule has 0 aliphatic heterocycles. The monoisotopic (exact) mass is 287 g/mol. The van der Waals surface area contributed by atoms with Gasteiger partial charge >= 0.3 is 0 Å². The number of carbonyl (C=O) groups is 1. The number of thioether (sulfide) groups is 1. The third-order valence-electron chi connectivity index (χ3n) is 2.37. The summed E-state index contributed by atoms with van der Waals surface area (Å²) in [6, 6.07) is 3.25. The number of nitrogens with zero attached hydrogens (tertiary/aromatic N) is 1. The molecule has 4 nitrogen and oxygen atoms in total. The van der Waals surface area contributed by atoms with Crippen molar-refractivity contribution in [2.75, 3.05) is 30.9 Å². The predicted molar refractivity (Wildman–Crippen MR) is 78.7 cm³/mol. The van der Waals surface area contributed by atoms with Crippen LogP contribution in [0.1, 0.15) is 17.3 Å². The molecule has 1 aromatic rings. The Morgan fingerprint density at radius 1 is 1.56 bits per heavy atom. The molecule has 0 saturated carbocycles. The van der Waals surface area contributed by atoms with Gasteiger partial charge in [-0.15, -0.1) is 0 Å². The third kappa shape index (κ3) is 4.74. The lowest BCUT2D eigenvalue weighted by Crippen LogP contribution is -2.29. The summed E-state index contributed by atoms with van der Waals surface area (Å²) in [7, 11) is 1.74. The molecule has 18 heavy (non-hydrogen) atoms. The summed E-state index contributed by atoms with van der Waals surface area (Å²) in [5, 5.41) is 6.07. The number of pyridine rings is 1. The minimum Gasteiger partial charge on any atom is -0.373 e. The van der Waals surface area contributed by atoms with Gasteiger partial charge in [0, 0.05) is 19.2 Å². The maximum absolute atomic E-state index is 11.9. The summed E-state index contributed by atoms with van der Waals surface area (Å²) in [4.78, 5) is 16.0. The van der Waals surface area contributed by atoms with Crippen LogP contribution in [0.3, 0.4) is 0 Å². The van der Waals surface area contributed by atoms with Crippen molar-refractivity contribution < 1.29 is 4.79 Å². The van der Waals surface area contributed by atoms with Gasteiger partial charge < -0.3 is 10.6 Å². The van der Waals surface area contributed by atoms with E-state index in [-0.39, 0.29) is 5.91 Å². The molecular weight excluding hydrogens is 270 g/mol. The number of rotatable bonds is 6. The molecule has 6 heteroatoms. The smallest absolute Gasteiger partial charge is 0.251 e. The van der Waals surface area contributed by atoms with Crippen molar-refractivity contribution in [3.05, 3.63) is 22.8 Å². The van der Waals surface area contributed by atoms with Crippen LogP contribution in [0.4, 0.5) is 5.82 Å². The van der Waals surface area contributed by atoms with E-state index in [1.165, 1.54) is 0 Å². The molecule has 0 aliphatic rings. The van der Waals surface area contributed by atoms with Gasteiger partial charge in [0.1, 0.15) is 11.0 Å². The fourth-order valence-corrected chi connectivity index (χ4v) is 2.36. The van der Waals surface area contributed by atoms with Crippen LogP contribution < -0.4 is 10.6 Å². The van der Waals surface area contributed by atoms with Gasteiger partial charge in [0.2, 0.25) is 0 Å². The average Bonchev–Trinajstić information content (AvgIpc) is 2.35. The van der Waals surface area contributed by atoms with Gasteiger partial charge in [0.15, 0.2) is 0 Å². The van der Waals surface area contributed by atoms with Crippen LogP contribution in [0.15, 0.2) is 12.1 Å². The van der Waals surface area contributed by atoms with Gasteiger partial charge in [-0.2, -0.15) is 11.8 Å². The molecule has 0 bridgehead atoms. The molecule has 1 heterocycles. The molecule has 1 amide bonds. The lowest BCUT2D eigenvalue weighted by Gasteiger charge is -2.11. The molecule has 0 radical (unpaired) electrons. The molecule has 2 N–H and O–H groups in total. The highest BCUT2D eigenvalue weighted by Crippen LogP contribution is 2.14. The Balaban J connectivity index is 2.63. The van der Waals surface area contributed by atoms with Crippen molar-refractivity contribution in [1.82, 2.24) is 10.3 Å². The topological polar surface area (TPSA) is 54.0 Å². The molecule has 0 aromatic carbocycles. The number of hydrogen-bond acceptors (Lipinski definition) is 4. The highest BCUT2D eigenvalue weighted by molar-refractivity contribution is 7.98. The van der Waals surface area contributed by atoms with Crippen molar-refractivity contribution in [2.45, 2.75) is 6.92 Å². The summed E-state index contributed by atoms with van der Waals surface area (Å²) in [5.41, 5.74) is 0.524. The highest BCUT2D eigenvalue weighted by Gasteiger charge is 2.10. The number of carbonyl (C=O) groups excluding carboxylic acids is 1. The van der Waals surface area contributed by atoms with Crippen LogP contribution in [0.2, 0.25) is 5.15 Å². The number of aromatic nitrogens is 1. The second kappa shape index (κ2) is 7.48. The Kier molecular flexibility index (Phi) is 6.29. The van der Waals surface area contributed by atoms with E-state index in [1.807, 2.05) is 0 Å². The summed E-state index contributed by atoms with van der Waals surface area (Å²) in [6.07, 6.45) is 2.06. The molecule has 0 fully saturated rings. The minimum atomic E-state index is -0.122. The summed E-state index contributed by atoms with van der Waals surface area (Å²) in [5.74, 6) is 1.94. The SMILES string of the molecule is CNc1cc(C(=O)NCC(C)CSC)cc(Cl)n1. The molecule has 1 aromatic heterocycles. The Morgan fingerprint density at radius 3 is 2.89 bits per heavy atom. The maximum atomic E-state index is 11.9. The normalized spacial score (nSPS) is 12.0. The van der Waals surface area contributed by atoms with Gasteiger partial charge in [-0.25, -0.2) is 4.98 Å². The van der Waals surface area contributed by atoms with Crippen molar-refractivity contribution in [2.24, 2.45) is 5.92 Å². The zero-order chi connectivity index (χ0) is 13.5. The van der Waals surface area contributed by atoms with Gasteiger partial charge in [-0.05, 0) is 30.1 Å². The Bertz CT molecular complexity index is 414. The first-order valence-corrected chi connectivity index (χ1v) is 7.46. The zero-order valence-corrected chi connectivity index (χ0v) is 12.4. The van der Waals surface area contributed by atoms with Crippen LogP contribution in [0, 0.1) is 5.92 Å². The second-order valence-corrected chi connectivity index (χ2v) is 5.38. The first-order chi connectivity index (χ1) is 8.56. The Hall–Kier alpha value is -0.940. The Labute approximate surface area is 117 Å². The summed E-state index contributed by atoms with van der Waals surface area (Å²) >= 11 is 7.62. The van der Waals surface area contributed by atoms with Crippen LogP contribution in [-0.4, -0.2) is 36.5 Å². The maximum Gasteiger partial charge on any atom is 0.251 e. The van der Waals surface area contributed by atoms with E-state index in [1.54, 1.807) is 30.9 Å². The van der Waals surface area contributed by atoms with E-state index in [0.29, 0.717) is 29.0 Å². The zero-order valence-electron chi connectivity index (χ0n) is 10.8. The van der Waals surface area contributed by atoms with E-state index in [9.17, 15) is 4.79 Å². The van der Waals surface area contributed by atoms with Gasteiger partial charge in [-0.3, -0.25) is 4.79 Å². The van der Waals surface area contributed by atoms with Gasteiger partial charge in [0.25, 0.3) is 5.91 Å². The fraction of sp³-hybridized carbons (Fsp3) is 0.500.